The minimum absolute atomic E-state index is 0.361. The van der Waals surface area contributed by atoms with E-state index in [0.29, 0.717) is 16.7 Å². The molecule has 0 saturated carbocycles. The van der Waals surface area contributed by atoms with Gasteiger partial charge in [0.15, 0.2) is 0 Å². The number of hydrogen-bond acceptors (Lipinski definition) is 2. The number of nitrogens with one attached hydrogen (secondary N) is 1. The maximum Gasteiger partial charge on any atom is 0.123 e. The zero-order chi connectivity index (χ0) is 9.97. The Morgan fingerprint density at radius 2 is 2.29 bits per heavy atom. The maximum atomic E-state index is 12.9. The van der Waals surface area contributed by atoms with E-state index >= 15 is 0 Å². The van der Waals surface area contributed by atoms with E-state index in [1.54, 1.807) is 12.4 Å². The lowest BCUT2D eigenvalue weighted by molar-refractivity contribution is 0.628. The van der Waals surface area contributed by atoms with Gasteiger partial charge < -0.3 is 0 Å². The minimum Gasteiger partial charge on any atom is -0.285 e. The predicted octanol–water partition coefficient (Wildman–Crippen LogP) is 2.09. The Morgan fingerprint density at radius 3 is 2.93 bits per heavy atom. The molecule has 1 aromatic carbocycles. The van der Waals surface area contributed by atoms with E-state index in [-0.39, 0.29) is 5.82 Å². The summed E-state index contributed by atoms with van der Waals surface area (Å²) in [6.07, 6.45) is 3.17. The molecule has 0 aliphatic heterocycles. The van der Waals surface area contributed by atoms with E-state index in [9.17, 15) is 4.39 Å². The molecule has 0 aliphatic carbocycles. The Hall–Kier alpha value is -2.15. The topological polar surface area (TPSA) is 52.5 Å². The van der Waals surface area contributed by atoms with Gasteiger partial charge in [-0.25, -0.2) is 4.39 Å². The first kappa shape index (κ1) is 8.45. The summed E-state index contributed by atoms with van der Waals surface area (Å²) in [4.78, 5) is 0. The van der Waals surface area contributed by atoms with Gasteiger partial charge in [-0.15, -0.1) is 0 Å². The molecule has 14 heavy (non-hydrogen) atoms. The van der Waals surface area contributed by atoms with Crippen molar-refractivity contribution in [2.75, 3.05) is 0 Å². The number of aromatic nitrogens is 2. The van der Waals surface area contributed by atoms with Crippen molar-refractivity contribution in [3.05, 3.63) is 42.0 Å². The molecule has 0 atom stereocenters. The fourth-order valence-electron chi connectivity index (χ4n) is 1.25. The minimum atomic E-state index is -0.361. The molecule has 0 saturated heterocycles. The van der Waals surface area contributed by atoms with Crippen molar-refractivity contribution in [1.29, 1.82) is 5.26 Å². The summed E-state index contributed by atoms with van der Waals surface area (Å²) in [6.45, 7) is 0. The molecule has 0 aliphatic rings. The summed E-state index contributed by atoms with van der Waals surface area (Å²) in [5, 5.41) is 15.2. The molecule has 0 amide bonds. The van der Waals surface area contributed by atoms with E-state index in [0.717, 1.165) is 0 Å². The second kappa shape index (κ2) is 3.30. The van der Waals surface area contributed by atoms with Crippen LogP contribution in [0.25, 0.3) is 11.1 Å². The van der Waals surface area contributed by atoms with Crippen LogP contribution in [-0.2, 0) is 0 Å². The number of nitriles is 1. The first-order valence-electron chi connectivity index (χ1n) is 4.00. The quantitative estimate of drug-likeness (QED) is 0.743. The number of aromatic amines is 1. The highest BCUT2D eigenvalue weighted by molar-refractivity contribution is 5.69. The molecule has 3 nitrogen and oxygen atoms in total. The molecule has 4 heteroatoms. The van der Waals surface area contributed by atoms with Crippen LogP contribution in [0.2, 0.25) is 0 Å². The lowest BCUT2D eigenvalue weighted by Crippen LogP contribution is -1.84. The van der Waals surface area contributed by atoms with Crippen LogP contribution in [0.1, 0.15) is 5.56 Å². The van der Waals surface area contributed by atoms with Gasteiger partial charge in [-0.3, -0.25) is 5.10 Å². The van der Waals surface area contributed by atoms with Gasteiger partial charge in [0.25, 0.3) is 0 Å². The maximum absolute atomic E-state index is 12.9. The second-order valence-electron chi connectivity index (χ2n) is 2.79. The van der Waals surface area contributed by atoms with E-state index in [1.807, 2.05) is 6.07 Å². The Bertz CT molecular complexity index is 483. The van der Waals surface area contributed by atoms with E-state index in [2.05, 4.69) is 10.2 Å². The molecule has 1 heterocycles. The molecular weight excluding hydrogens is 181 g/mol. The smallest absolute Gasteiger partial charge is 0.123 e. The monoisotopic (exact) mass is 187 g/mol. The third-order valence-electron chi connectivity index (χ3n) is 1.91. The number of rotatable bonds is 1. The zero-order valence-corrected chi connectivity index (χ0v) is 7.16. The van der Waals surface area contributed by atoms with Crippen LogP contribution in [0, 0.1) is 17.1 Å². The van der Waals surface area contributed by atoms with Crippen molar-refractivity contribution in [1.82, 2.24) is 10.2 Å². The highest BCUT2D eigenvalue weighted by atomic mass is 19.1. The predicted molar refractivity (Wildman–Crippen MR) is 48.7 cm³/mol. The summed E-state index contributed by atoms with van der Waals surface area (Å²) in [5.74, 6) is -0.361. The summed E-state index contributed by atoms with van der Waals surface area (Å²) in [5.41, 5.74) is 1.70. The number of nitrogens with zero attached hydrogens (tertiary/aromatic N) is 2. The Labute approximate surface area is 79.8 Å². The third-order valence-corrected chi connectivity index (χ3v) is 1.91. The number of halogens is 1. The lowest BCUT2D eigenvalue weighted by atomic mass is 10.0. The van der Waals surface area contributed by atoms with Crippen LogP contribution >= 0.6 is 0 Å². The van der Waals surface area contributed by atoms with Crippen molar-refractivity contribution in [2.45, 2.75) is 0 Å². The molecule has 1 aromatic heterocycles. The molecule has 0 unspecified atom stereocenters. The normalized spacial score (nSPS) is 9.71. The average molecular weight is 187 g/mol. The SMILES string of the molecule is N#Cc1ccc(F)cc1-c1cn[nH]c1. The summed E-state index contributed by atoms with van der Waals surface area (Å²) >= 11 is 0. The highest BCUT2D eigenvalue weighted by Gasteiger charge is 2.06. The van der Waals surface area contributed by atoms with Crippen LogP contribution < -0.4 is 0 Å². The zero-order valence-electron chi connectivity index (χ0n) is 7.16. The van der Waals surface area contributed by atoms with Crippen LogP contribution in [-0.4, -0.2) is 10.2 Å². The Balaban J connectivity index is 2.63. The summed E-state index contributed by atoms with van der Waals surface area (Å²) in [6, 6.07) is 6.05. The van der Waals surface area contributed by atoms with Gasteiger partial charge in [0.05, 0.1) is 17.8 Å². The number of hydrogen-bond donors (Lipinski definition) is 1. The first-order valence-corrected chi connectivity index (χ1v) is 4.00. The average Bonchev–Trinajstić information content (AvgIpc) is 2.70. The van der Waals surface area contributed by atoms with E-state index < -0.39 is 0 Å². The van der Waals surface area contributed by atoms with Crippen LogP contribution in [0.3, 0.4) is 0 Å². The molecular formula is C10H6FN3. The molecule has 68 valence electrons. The summed E-state index contributed by atoms with van der Waals surface area (Å²) in [7, 11) is 0. The molecule has 0 radical (unpaired) electrons. The third kappa shape index (κ3) is 1.36. The van der Waals surface area contributed by atoms with Crippen molar-refractivity contribution in [3.8, 4) is 17.2 Å². The van der Waals surface area contributed by atoms with Gasteiger partial charge in [-0.05, 0) is 18.2 Å². The van der Waals surface area contributed by atoms with Gasteiger partial charge in [0, 0.05) is 17.3 Å². The molecule has 0 spiro atoms. The second-order valence-corrected chi connectivity index (χ2v) is 2.79. The van der Waals surface area contributed by atoms with Crippen molar-refractivity contribution in [2.24, 2.45) is 0 Å². The van der Waals surface area contributed by atoms with Crippen molar-refractivity contribution < 1.29 is 4.39 Å². The highest BCUT2D eigenvalue weighted by Crippen LogP contribution is 2.22. The fourth-order valence-corrected chi connectivity index (χ4v) is 1.25. The number of benzene rings is 1. The van der Waals surface area contributed by atoms with Crippen LogP contribution in [0.15, 0.2) is 30.6 Å². The molecule has 0 fully saturated rings. The van der Waals surface area contributed by atoms with E-state index in [1.165, 1.54) is 18.2 Å². The van der Waals surface area contributed by atoms with Gasteiger partial charge >= 0.3 is 0 Å². The first-order chi connectivity index (χ1) is 6.81. The largest absolute Gasteiger partial charge is 0.285 e. The van der Waals surface area contributed by atoms with Crippen LogP contribution in [0.4, 0.5) is 4.39 Å². The Morgan fingerprint density at radius 1 is 1.43 bits per heavy atom. The lowest BCUT2D eigenvalue weighted by Gasteiger charge is -1.99. The van der Waals surface area contributed by atoms with Crippen LogP contribution in [0.5, 0.6) is 0 Å². The van der Waals surface area contributed by atoms with Crippen molar-refractivity contribution in [3.63, 3.8) is 0 Å². The van der Waals surface area contributed by atoms with Gasteiger partial charge in [0.2, 0.25) is 0 Å². The number of H-pyrrole nitrogens is 1. The van der Waals surface area contributed by atoms with Gasteiger partial charge in [-0.2, -0.15) is 10.4 Å². The standard InChI is InChI=1S/C10H6FN3/c11-9-2-1-7(4-12)10(3-9)8-5-13-14-6-8/h1-3,5-6H,(H,13,14). The summed E-state index contributed by atoms with van der Waals surface area (Å²) < 4.78 is 12.9. The van der Waals surface area contributed by atoms with Gasteiger partial charge in [-0.1, -0.05) is 0 Å². The molecule has 0 bridgehead atoms. The molecule has 1 N–H and O–H groups in total. The van der Waals surface area contributed by atoms with E-state index in [4.69, 9.17) is 5.26 Å². The Kier molecular flexibility index (Phi) is 1.99. The van der Waals surface area contributed by atoms with Crippen molar-refractivity contribution >= 4 is 0 Å². The van der Waals surface area contributed by atoms with Gasteiger partial charge in [0.1, 0.15) is 5.82 Å². The molecule has 2 rings (SSSR count). The fraction of sp³-hybridized carbons (Fsp3) is 0. The molecule has 2 aromatic rings.